The molecule has 1 amide bonds. The summed E-state index contributed by atoms with van der Waals surface area (Å²) in [5.74, 6) is 3.27. The summed E-state index contributed by atoms with van der Waals surface area (Å²) in [5, 5.41) is 11.7. The number of nitriles is 1. The minimum Gasteiger partial charge on any atom is -0.310 e. The van der Waals surface area contributed by atoms with E-state index in [1.165, 1.54) is 6.92 Å². The number of hydrogen-bond donors (Lipinski definition) is 1. The van der Waals surface area contributed by atoms with Crippen molar-refractivity contribution in [2.75, 3.05) is 5.32 Å². The number of aryl methyl sites for hydroxylation is 1. The highest BCUT2D eigenvalue weighted by atomic mass is 28.3. The van der Waals surface area contributed by atoms with E-state index < -0.39 is 8.07 Å². The van der Waals surface area contributed by atoms with Gasteiger partial charge in [-0.15, -0.1) is 5.54 Å². The van der Waals surface area contributed by atoms with Crippen molar-refractivity contribution >= 4 is 19.8 Å². The molecule has 0 atom stereocenters. The number of aromatic nitrogens is 1. The number of nitrogens with one attached hydrogen (secondary N) is 1. The molecular formula is C14H17N3OSi. The van der Waals surface area contributed by atoms with Crippen molar-refractivity contribution in [3.8, 4) is 17.5 Å². The maximum absolute atomic E-state index is 11.2. The van der Waals surface area contributed by atoms with Crippen LogP contribution in [0.1, 0.15) is 23.7 Å². The smallest absolute Gasteiger partial charge is 0.222 e. The summed E-state index contributed by atoms with van der Waals surface area (Å²) in [6, 6.07) is 3.76. The number of carbonyl (C=O) groups is 1. The predicted molar refractivity (Wildman–Crippen MR) is 78.2 cm³/mol. The Hall–Kier alpha value is -2.11. The minimum atomic E-state index is -1.53. The van der Waals surface area contributed by atoms with Crippen LogP contribution in [-0.4, -0.2) is 19.0 Å². The van der Waals surface area contributed by atoms with Gasteiger partial charge >= 0.3 is 0 Å². The molecule has 0 aliphatic carbocycles. The van der Waals surface area contributed by atoms with Crippen LogP contribution in [0.4, 0.5) is 5.82 Å². The maximum atomic E-state index is 11.2. The summed E-state index contributed by atoms with van der Waals surface area (Å²) in [5.41, 5.74) is 4.88. The third kappa shape index (κ3) is 4.57. The number of nitrogens with zero attached hydrogens (tertiary/aromatic N) is 2. The zero-order chi connectivity index (χ0) is 14.6. The normalized spacial score (nSPS) is 10.1. The molecule has 5 heteroatoms. The van der Waals surface area contributed by atoms with Crippen molar-refractivity contribution in [3.63, 3.8) is 0 Å². The summed E-state index contributed by atoms with van der Waals surface area (Å²) in [6.07, 6.45) is 0. The molecule has 1 N–H and O–H groups in total. The molecule has 1 heterocycles. The van der Waals surface area contributed by atoms with Gasteiger partial charge in [0.1, 0.15) is 20.0 Å². The fraction of sp³-hybridized carbons (Fsp3) is 0.357. The summed E-state index contributed by atoms with van der Waals surface area (Å²) in [4.78, 5) is 15.4. The molecule has 0 spiro atoms. The average molecular weight is 271 g/mol. The Morgan fingerprint density at radius 1 is 1.37 bits per heavy atom. The van der Waals surface area contributed by atoms with Crippen molar-refractivity contribution in [3.05, 3.63) is 22.9 Å². The second-order valence-corrected chi connectivity index (χ2v) is 10.1. The van der Waals surface area contributed by atoms with Crippen LogP contribution in [0.3, 0.4) is 0 Å². The Bertz CT molecular complexity index is 613. The first-order valence-electron chi connectivity index (χ1n) is 5.95. The number of carbonyl (C=O) groups excluding carboxylic acids is 1. The lowest BCUT2D eigenvalue weighted by Crippen LogP contribution is -2.16. The highest BCUT2D eigenvalue weighted by molar-refractivity contribution is 6.83. The molecule has 98 valence electrons. The van der Waals surface area contributed by atoms with Crippen LogP contribution in [0, 0.1) is 29.7 Å². The molecule has 0 unspecified atom stereocenters. The van der Waals surface area contributed by atoms with Gasteiger partial charge in [0.25, 0.3) is 0 Å². The predicted octanol–water partition coefficient (Wildman–Crippen LogP) is 2.45. The molecule has 4 nitrogen and oxygen atoms in total. The molecule has 0 aliphatic rings. The van der Waals surface area contributed by atoms with E-state index >= 15 is 0 Å². The third-order valence-corrected chi connectivity index (χ3v) is 3.08. The zero-order valence-electron chi connectivity index (χ0n) is 11.9. The Morgan fingerprint density at radius 3 is 2.47 bits per heavy atom. The number of amides is 1. The van der Waals surface area contributed by atoms with Crippen LogP contribution in [0.25, 0.3) is 0 Å². The Morgan fingerprint density at radius 2 is 2.00 bits per heavy atom. The molecule has 0 bridgehead atoms. The molecule has 0 fully saturated rings. The van der Waals surface area contributed by atoms with E-state index in [4.69, 9.17) is 5.26 Å². The maximum Gasteiger partial charge on any atom is 0.222 e. The second kappa shape index (κ2) is 5.68. The van der Waals surface area contributed by atoms with E-state index in [1.807, 2.05) is 0 Å². The summed E-state index contributed by atoms with van der Waals surface area (Å²) in [7, 11) is -1.53. The van der Waals surface area contributed by atoms with Gasteiger partial charge < -0.3 is 5.32 Å². The van der Waals surface area contributed by atoms with Gasteiger partial charge in [0, 0.05) is 6.92 Å². The van der Waals surface area contributed by atoms with E-state index in [-0.39, 0.29) is 5.91 Å². The number of pyridine rings is 1. The van der Waals surface area contributed by atoms with Crippen LogP contribution in [0.15, 0.2) is 6.07 Å². The minimum absolute atomic E-state index is 0.201. The van der Waals surface area contributed by atoms with Crippen LogP contribution in [0.2, 0.25) is 19.6 Å². The van der Waals surface area contributed by atoms with E-state index in [0.29, 0.717) is 22.6 Å². The molecule has 0 radical (unpaired) electrons. The van der Waals surface area contributed by atoms with E-state index in [1.54, 1.807) is 13.0 Å². The Labute approximate surface area is 114 Å². The van der Waals surface area contributed by atoms with Gasteiger partial charge in [-0.05, 0) is 13.0 Å². The highest BCUT2D eigenvalue weighted by Gasteiger charge is 2.11. The summed E-state index contributed by atoms with van der Waals surface area (Å²) < 4.78 is 0. The van der Waals surface area contributed by atoms with Crippen LogP contribution in [0.5, 0.6) is 0 Å². The number of rotatable bonds is 1. The molecular weight excluding hydrogens is 254 g/mol. The van der Waals surface area contributed by atoms with Crippen molar-refractivity contribution in [1.82, 2.24) is 4.98 Å². The highest BCUT2D eigenvalue weighted by Crippen LogP contribution is 2.16. The third-order valence-electron chi connectivity index (χ3n) is 2.20. The fourth-order valence-electron chi connectivity index (χ4n) is 1.33. The number of anilines is 1. The number of hydrogen-bond acceptors (Lipinski definition) is 3. The molecule has 0 saturated heterocycles. The first kappa shape index (κ1) is 14.9. The quantitative estimate of drug-likeness (QED) is 0.630. The summed E-state index contributed by atoms with van der Waals surface area (Å²) in [6.45, 7) is 9.55. The van der Waals surface area contributed by atoms with E-state index in [9.17, 15) is 4.79 Å². The van der Waals surface area contributed by atoms with E-state index in [0.717, 1.165) is 0 Å². The van der Waals surface area contributed by atoms with Gasteiger partial charge in [-0.3, -0.25) is 4.79 Å². The van der Waals surface area contributed by atoms with Gasteiger partial charge in [-0.25, -0.2) is 4.98 Å². The van der Waals surface area contributed by atoms with Crippen LogP contribution < -0.4 is 5.32 Å². The Kier molecular flexibility index (Phi) is 4.47. The SMILES string of the molecule is CC(=O)Nc1nc(C)c(C#N)cc1C#C[Si](C)(C)C. The van der Waals surface area contributed by atoms with Crippen molar-refractivity contribution in [2.24, 2.45) is 0 Å². The fourth-order valence-corrected chi connectivity index (χ4v) is 1.84. The van der Waals surface area contributed by atoms with Gasteiger partial charge in [0.05, 0.1) is 16.8 Å². The van der Waals surface area contributed by atoms with Gasteiger partial charge in [-0.2, -0.15) is 5.26 Å². The van der Waals surface area contributed by atoms with Gasteiger partial charge in [0.15, 0.2) is 0 Å². The lowest BCUT2D eigenvalue weighted by molar-refractivity contribution is -0.114. The standard InChI is InChI=1S/C14H17N3OSi/c1-10-13(9-15)8-12(6-7-19(3,4)5)14(16-10)17-11(2)18/h8H,1-5H3,(H,16,17,18). The molecule has 0 aliphatic heterocycles. The molecule has 0 saturated carbocycles. The monoisotopic (exact) mass is 271 g/mol. The van der Waals surface area contributed by atoms with Gasteiger partial charge in [-0.1, -0.05) is 25.6 Å². The largest absolute Gasteiger partial charge is 0.310 e. The molecule has 1 aromatic rings. The van der Waals surface area contributed by atoms with Crippen molar-refractivity contribution in [2.45, 2.75) is 33.5 Å². The van der Waals surface area contributed by atoms with Crippen molar-refractivity contribution < 1.29 is 4.79 Å². The first-order chi connectivity index (χ1) is 8.73. The topological polar surface area (TPSA) is 65.8 Å². The molecule has 1 rings (SSSR count). The second-order valence-electron chi connectivity index (χ2n) is 5.31. The van der Waals surface area contributed by atoms with Crippen LogP contribution in [-0.2, 0) is 4.79 Å². The lowest BCUT2D eigenvalue weighted by atomic mass is 10.1. The van der Waals surface area contributed by atoms with Crippen LogP contribution >= 0.6 is 0 Å². The van der Waals surface area contributed by atoms with Crippen molar-refractivity contribution in [1.29, 1.82) is 5.26 Å². The van der Waals surface area contributed by atoms with Gasteiger partial charge in [0.2, 0.25) is 5.91 Å². The lowest BCUT2D eigenvalue weighted by Gasteiger charge is -2.08. The Balaban J connectivity index is 3.36. The first-order valence-corrected chi connectivity index (χ1v) is 9.45. The average Bonchev–Trinajstić information content (AvgIpc) is 2.26. The molecule has 19 heavy (non-hydrogen) atoms. The molecule has 0 aromatic carbocycles. The zero-order valence-corrected chi connectivity index (χ0v) is 12.9. The summed E-state index contributed by atoms with van der Waals surface area (Å²) >= 11 is 0. The molecule has 1 aromatic heterocycles. The van der Waals surface area contributed by atoms with E-state index in [2.05, 4.69) is 47.5 Å².